The number of allylic oxidation sites excluding steroid dienone is 2. The third-order valence-corrected chi connectivity index (χ3v) is 6.91. The summed E-state index contributed by atoms with van der Waals surface area (Å²) < 4.78 is 0. The van der Waals surface area contributed by atoms with Crippen LogP contribution in [0.5, 0.6) is 0 Å². The maximum Gasteiger partial charge on any atom is -0.00102 e. The molecule has 0 spiro atoms. The molecule has 0 amide bonds. The van der Waals surface area contributed by atoms with Crippen molar-refractivity contribution in [2.45, 2.75) is 66.7 Å². The lowest BCUT2D eigenvalue weighted by atomic mass is 9.90. The van der Waals surface area contributed by atoms with Crippen molar-refractivity contribution in [3.8, 4) is 11.1 Å². The Morgan fingerprint density at radius 3 is 2.15 bits per heavy atom. The van der Waals surface area contributed by atoms with Crippen LogP contribution < -0.4 is 10.4 Å². The minimum atomic E-state index is 0.574. The average molecular weight is 355 g/mol. The fourth-order valence-electron chi connectivity index (χ4n) is 5.92. The molecule has 0 N–H and O–H groups in total. The second-order valence-electron chi connectivity index (χ2n) is 9.49. The third-order valence-electron chi connectivity index (χ3n) is 6.91. The van der Waals surface area contributed by atoms with Crippen LogP contribution in [-0.2, 0) is 12.8 Å². The van der Waals surface area contributed by atoms with E-state index in [1.165, 1.54) is 21.9 Å². The Hall–Kier alpha value is -2.08. The minimum Gasteiger partial charge on any atom is -0.0725 e. The van der Waals surface area contributed by atoms with Crippen molar-refractivity contribution in [3.63, 3.8) is 0 Å². The van der Waals surface area contributed by atoms with E-state index in [1.54, 1.807) is 44.2 Å². The topological polar surface area (TPSA) is 0 Å². The minimum absolute atomic E-state index is 0.574. The highest BCUT2D eigenvalue weighted by molar-refractivity contribution is 5.86. The monoisotopic (exact) mass is 354 g/mol. The zero-order valence-electron chi connectivity index (χ0n) is 17.6. The van der Waals surface area contributed by atoms with Gasteiger partial charge in [-0.15, -0.1) is 0 Å². The van der Waals surface area contributed by atoms with Gasteiger partial charge in [0.15, 0.2) is 0 Å². The Balaban J connectivity index is 1.76. The number of fused-ring (bicyclic) bond motifs is 5. The summed E-state index contributed by atoms with van der Waals surface area (Å²) in [5.74, 6) is 1.18. The van der Waals surface area contributed by atoms with Crippen LogP contribution >= 0.6 is 0 Å². The van der Waals surface area contributed by atoms with E-state index < -0.39 is 0 Å². The second kappa shape index (κ2) is 5.71. The molecule has 0 fully saturated rings. The standard InChI is InChI=1S/C27H30/c1-14(2)25-17(6)9-19-11-21-20(12-22(19)25)13-24-23(21)10-18-8-7-16(5)27(18)26(24)15(3)4/h8,10-12,14-15H,7,9,13H2,1-6H3. The molecule has 0 aliphatic heterocycles. The van der Waals surface area contributed by atoms with Gasteiger partial charge in [0.2, 0.25) is 0 Å². The molecule has 27 heavy (non-hydrogen) atoms. The molecule has 3 aliphatic rings. The molecule has 0 bridgehead atoms. The lowest BCUT2D eigenvalue weighted by Crippen LogP contribution is -2.29. The van der Waals surface area contributed by atoms with Gasteiger partial charge in [-0.25, -0.2) is 0 Å². The van der Waals surface area contributed by atoms with E-state index in [2.05, 4.69) is 65.8 Å². The van der Waals surface area contributed by atoms with Crippen molar-refractivity contribution in [1.82, 2.24) is 0 Å². The van der Waals surface area contributed by atoms with E-state index in [4.69, 9.17) is 0 Å². The maximum absolute atomic E-state index is 2.53. The number of hydrogen-bond acceptors (Lipinski definition) is 0. The van der Waals surface area contributed by atoms with Crippen molar-refractivity contribution < 1.29 is 0 Å². The summed E-state index contributed by atoms with van der Waals surface area (Å²) in [6.45, 7) is 14.1. The molecule has 2 aromatic rings. The quantitative estimate of drug-likeness (QED) is 0.552. The van der Waals surface area contributed by atoms with Crippen LogP contribution in [0.2, 0.25) is 0 Å². The van der Waals surface area contributed by atoms with Crippen LogP contribution in [0.25, 0.3) is 28.3 Å². The summed E-state index contributed by atoms with van der Waals surface area (Å²) in [5.41, 5.74) is 15.6. The molecule has 3 aliphatic carbocycles. The molecule has 5 rings (SSSR count). The van der Waals surface area contributed by atoms with Crippen LogP contribution in [0.3, 0.4) is 0 Å². The second-order valence-corrected chi connectivity index (χ2v) is 9.49. The first-order valence-corrected chi connectivity index (χ1v) is 10.6. The molecule has 138 valence electrons. The summed E-state index contributed by atoms with van der Waals surface area (Å²) >= 11 is 0. The molecule has 0 atom stereocenters. The van der Waals surface area contributed by atoms with E-state index in [0.29, 0.717) is 11.8 Å². The van der Waals surface area contributed by atoms with Crippen LogP contribution in [-0.4, -0.2) is 0 Å². The summed E-state index contributed by atoms with van der Waals surface area (Å²) in [4.78, 5) is 0. The van der Waals surface area contributed by atoms with Crippen LogP contribution in [0.15, 0.2) is 23.8 Å². The summed E-state index contributed by atoms with van der Waals surface area (Å²) in [7, 11) is 0. The summed E-state index contributed by atoms with van der Waals surface area (Å²) in [5, 5.41) is 3.03. The fourth-order valence-corrected chi connectivity index (χ4v) is 5.92. The lowest BCUT2D eigenvalue weighted by Gasteiger charge is -2.14. The number of hydrogen-bond donors (Lipinski definition) is 0. The number of rotatable bonds is 2. The lowest BCUT2D eigenvalue weighted by molar-refractivity contribution is 0.841. The molecular weight excluding hydrogens is 324 g/mol. The first-order valence-electron chi connectivity index (χ1n) is 10.6. The highest BCUT2D eigenvalue weighted by Crippen LogP contribution is 2.45. The van der Waals surface area contributed by atoms with Gasteiger partial charge in [-0.1, -0.05) is 51.0 Å². The molecule has 0 heterocycles. The highest BCUT2D eigenvalue weighted by atomic mass is 14.3. The van der Waals surface area contributed by atoms with Crippen molar-refractivity contribution in [1.29, 1.82) is 0 Å². The van der Waals surface area contributed by atoms with Crippen molar-refractivity contribution in [2.24, 2.45) is 5.92 Å². The van der Waals surface area contributed by atoms with Gasteiger partial charge in [-0.2, -0.15) is 0 Å². The molecule has 0 nitrogen and oxygen atoms in total. The van der Waals surface area contributed by atoms with Crippen molar-refractivity contribution in [3.05, 3.63) is 62.0 Å². The molecule has 0 saturated heterocycles. The van der Waals surface area contributed by atoms with Gasteiger partial charge in [0.25, 0.3) is 0 Å². The third kappa shape index (κ3) is 2.29. The van der Waals surface area contributed by atoms with Gasteiger partial charge in [0.1, 0.15) is 0 Å². The highest BCUT2D eigenvalue weighted by Gasteiger charge is 2.29. The predicted octanol–water partition coefficient (Wildman–Crippen LogP) is 5.72. The zero-order valence-corrected chi connectivity index (χ0v) is 17.6. The predicted molar refractivity (Wildman–Crippen MR) is 117 cm³/mol. The van der Waals surface area contributed by atoms with Crippen LogP contribution in [0.1, 0.15) is 81.7 Å². The first kappa shape index (κ1) is 17.0. The maximum atomic E-state index is 2.53. The smallest absolute Gasteiger partial charge is 0.00102 e. The van der Waals surface area contributed by atoms with Gasteiger partial charge in [0, 0.05) is 0 Å². The van der Waals surface area contributed by atoms with Gasteiger partial charge in [-0.3, -0.25) is 0 Å². The van der Waals surface area contributed by atoms with E-state index in [-0.39, 0.29) is 0 Å². The van der Waals surface area contributed by atoms with Gasteiger partial charge in [0.05, 0.1) is 0 Å². The molecule has 0 unspecified atom stereocenters. The van der Waals surface area contributed by atoms with Crippen molar-refractivity contribution >= 4 is 17.2 Å². The van der Waals surface area contributed by atoms with E-state index >= 15 is 0 Å². The van der Waals surface area contributed by atoms with E-state index in [1.807, 2.05) is 0 Å². The average Bonchev–Trinajstić information content (AvgIpc) is 3.23. The number of benzene rings is 2. The molecule has 0 heteroatoms. The SMILES string of the molecule is CC1=C(C(C)C)c2cc3c(cc2C1)-c1cc2c(c(C(C)C)c1C3)=C(C)CC=2. The van der Waals surface area contributed by atoms with Crippen LogP contribution in [0.4, 0.5) is 0 Å². The molecule has 2 aromatic carbocycles. The van der Waals surface area contributed by atoms with E-state index in [0.717, 1.165) is 19.3 Å². The Labute approximate surface area is 163 Å². The van der Waals surface area contributed by atoms with Gasteiger partial charge in [-0.05, 0) is 112 Å². The van der Waals surface area contributed by atoms with Gasteiger partial charge >= 0.3 is 0 Å². The Morgan fingerprint density at radius 2 is 1.44 bits per heavy atom. The molecular formula is C27H30. The van der Waals surface area contributed by atoms with E-state index in [9.17, 15) is 0 Å². The Morgan fingerprint density at radius 1 is 0.741 bits per heavy atom. The molecule has 0 saturated carbocycles. The largest absolute Gasteiger partial charge is 0.0725 e. The Kier molecular flexibility index (Phi) is 3.60. The van der Waals surface area contributed by atoms with Gasteiger partial charge < -0.3 is 0 Å². The zero-order chi connectivity index (χ0) is 19.0. The molecule has 0 radical (unpaired) electrons. The summed E-state index contributed by atoms with van der Waals surface area (Å²) in [6.07, 6.45) is 5.80. The first-order chi connectivity index (χ1) is 12.9. The molecule has 0 aromatic heterocycles. The fraction of sp³-hybridized carbons (Fsp3) is 0.407. The summed E-state index contributed by atoms with van der Waals surface area (Å²) in [6, 6.07) is 7.55. The van der Waals surface area contributed by atoms with Crippen LogP contribution in [0, 0.1) is 5.92 Å². The Bertz CT molecular complexity index is 1150. The van der Waals surface area contributed by atoms with Crippen molar-refractivity contribution in [2.75, 3.05) is 0 Å². The normalized spacial score (nSPS) is 16.8.